The number of furan rings is 1. The van der Waals surface area contributed by atoms with Crippen molar-refractivity contribution < 1.29 is 4.42 Å². The largest absolute Gasteiger partial charge is 0.455 e. The van der Waals surface area contributed by atoms with Crippen molar-refractivity contribution in [3.05, 3.63) is 231 Å². The fourth-order valence-corrected chi connectivity index (χ4v) is 9.24. The standard InChI is InChI=1S/C58H38N2O/c1-3-13-39(14-4-1)42-23-30-46(31-24-42)59(47-32-25-43(26-33-47)40-15-5-2-6-16-40)48-34-28-44(29-35-48)52-38-53-50-19-10-12-22-55(50)61-58(53)56-51-20-9-11-21-54(51)60(57(52)56)49-36-27-41-17-7-8-18-45(41)37-49/h1-38H. The van der Waals surface area contributed by atoms with Crippen molar-refractivity contribution in [3.63, 3.8) is 0 Å². The number of nitrogens with zero attached hydrogens (tertiary/aromatic N) is 2. The predicted molar refractivity (Wildman–Crippen MR) is 257 cm³/mol. The van der Waals surface area contributed by atoms with Gasteiger partial charge in [-0.1, -0.05) is 164 Å². The molecule has 3 nitrogen and oxygen atoms in total. The lowest BCUT2D eigenvalue weighted by Gasteiger charge is -2.26. The van der Waals surface area contributed by atoms with E-state index in [1.54, 1.807) is 0 Å². The highest BCUT2D eigenvalue weighted by Crippen LogP contribution is 2.46. The van der Waals surface area contributed by atoms with E-state index in [-0.39, 0.29) is 0 Å². The molecule has 0 spiro atoms. The first-order chi connectivity index (χ1) is 30.2. The monoisotopic (exact) mass is 778 g/mol. The van der Waals surface area contributed by atoms with E-state index in [9.17, 15) is 0 Å². The smallest absolute Gasteiger partial charge is 0.145 e. The maximum absolute atomic E-state index is 6.79. The molecule has 61 heavy (non-hydrogen) atoms. The summed E-state index contributed by atoms with van der Waals surface area (Å²) in [5.74, 6) is 0. The molecule has 0 saturated heterocycles. The van der Waals surface area contributed by atoms with Gasteiger partial charge in [0.2, 0.25) is 0 Å². The van der Waals surface area contributed by atoms with Gasteiger partial charge in [-0.2, -0.15) is 0 Å². The molecule has 0 amide bonds. The van der Waals surface area contributed by atoms with Crippen LogP contribution in [-0.2, 0) is 0 Å². The fraction of sp³-hybridized carbons (Fsp3) is 0. The summed E-state index contributed by atoms with van der Waals surface area (Å²) in [6, 6.07) is 82.8. The lowest BCUT2D eigenvalue weighted by atomic mass is 9.97. The second-order valence-electron chi connectivity index (χ2n) is 15.7. The number of aromatic nitrogens is 1. The molecule has 3 heteroatoms. The van der Waals surface area contributed by atoms with Gasteiger partial charge in [-0.25, -0.2) is 0 Å². The first-order valence-electron chi connectivity index (χ1n) is 20.8. The Labute approximate surface area is 353 Å². The molecule has 2 aromatic heterocycles. The van der Waals surface area contributed by atoms with E-state index >= 15 is 0 Å². The van der Waals surface area contributed by atoms with Gasteiger partial charge >= 0.3 is 0 Å². The molecule has 0 atom stereocenters. The van der Waals surface area contributed by atoms with Crippen molar-refractivity contribution >= 4 is 71.6 Å². The summed E-state index contributed by atoms with van der Waals surface area (Å²) in [7, 11) is 0. The third kappa shape index (κ3) is 5.90. The molecule has 10 aromatic carbocycles. The maximum Gasteiger partial charge on any atom is 0.145 e. The van der Waals surface area contributed by atoms with Gasteiger partial charge in [0.05, 0.1) is 16.4 Å². The second kappa shape index (κ2) is 14.3. The minimum Gasteiger partial charge on any atom is -0.455 e. The van der Waals surface area contributed by atoms with Gasteiger partial charge < -0.3 is 13.9 Å². The minimum atomic E-state index is 0.890. The van der Waals surface area contributed by atoms with Crippen LogP contribution >= 0.6 is 0 Å². The normalized spacial score (nSPS) is 11.6. The lowest BCUT2D eigenvalue weighted by Crippen LogP contribution is -2.09. The third-order valence-corrected chi connectivity index (χ3v) is 12.2. The molecule has 0 fully saturated rings. The van der Waals surface area contributed by atoms with Crippen LogP contribution in [0.4, 0.5) is 17.1 Å². The summed E-state index contributed by atoms with van der Waals surface area (Å²) in [5, 5.41) is 6.94. The van der Waals surface area contributed by atoms with E-state index in [1.807, 2.05) is 0 Å². The van der Waals surface area contributed by atoms with Crippen molar-refractivity contribution in [1.82, 2.24) is 4.57 Å². The van der Waals surface area contributed by atoms with Gasteiger partial charge in [0.15, 0.2) is 0 Å². The summed E-state index contributed by atoms with van der Waals surface area (Å²) in [5.41, 5.74) is 15.5. The zero-order valence-corrected chi connectivity index (χ0v) is 33.2. The Bertz CT molecular complexity index is 3460. The van der Waals surface area contributed by atoms with Gasteiger partial charge in [0, 0.05) is 44.5 Å². The van der Waals surface area contributed by atoms with Crippen LogP contribution in [0.15, 0.2) is 235 Å². The second-order valence-corrected chi connectivity index (χ2v) is 15.7. The number of fused-ring (bicyclic) bond motifs is 8. The van der Waals surface area contributed by atoms with Crippen LogP contribution in [0.25, 0.3) is 93.6 Å². The van der Waals surface area contributed by atoms with Crippen LogP contribution in [0, 0.1) is 0 Å². The molecular weight excluding hydrogens is 741 g/mol. The Balaban J connectivity index is 1.05. The summed E-state index contributed by atoms with van der Waals surface area (Å²) < 4.78 is 9.22. The van der Waals surface area contributed by atoms with E-state index < -0.39 is 0 Å². The van der Waals surface area contributed by atoms with Crippen LogP contribution in [0.5, 0.6) is 0 Å². The van der Waals surface area contributed by atoms with Gasteiger partial charge in [-0.15, -0.1) is 0 Å². The minimum absolute atomic E-state index is 0.890. The first kappa shape index (κ1) is 34.9. The van der Waals surface area contributed by atoms with Gasteiger partial charge in [-0.05, 0) is 105 Å². The van der Waals surface area contributed by atoms with Crippen LogP contribution in [-0.4, -0.2) is 4.57 Å². The molecule has 0 saturated carbocycles. The Hall–Kier alpha value is -8.14. The molecular formula is C58H38N2O. The van der Waals surface area contributed by atoms with Crippen LogP contribution < -0.4 is 4.90 Å². The van der Waals surface area contributed by atoms with Gasteiger partial charge in [0.1, 0.15) is 11.2 Å². The molecule has 286 valence electrons. The summed E-state index contributed by atoms with van der Waals surface area (Å²) in [4.78, 5) is 2.35. The Morgan fingerprint density at radius 3 is 1.51 bits per heavy atom. The van der Waals surface area contributed by atoms with Crippen LogP contribution in [0.2, 0.25) is 0 Å². The number of para-hydroxylation sites is 2. The number of hydrogen-bond donors (Lipinski definition) is 0. The Morgan fingerprint density at radius 2 is 0.869 bits per heavy atom. The topological polar surface area (TPSA) is 21.3 Å². The highest BCUT2D eigenvalue weighted by Gasteiger charge is 2.23. The van der Waals surface area contributed by atoms with E-state index in [2.05, 4.69) is 240 Å². The Morgan fingerprint density at radius 1 is 0.361 bits per heavy atom. The quantitative estimate of drug-likeness (QED) is 0.161. The molecule has 0 bridgehead atoms. The predicted octanol–water partition coefficient (Wildman–Crippen LogP) is 16.3. The van der Waals surface area contributed by atoms with E-state index in [4.69, 9.17) is 4.42 Å². The van der Waals surface area contributed by atoms with Crippen LogP contribution in [0.1, 0.15) is 0 Å². The summed E-state index contributed by atoms with van der Waals surface area (Å²) >= 11 is 0. The highest BCUT2D eigenvalue weighted by atomic mass is 16.3. The fourth-order valence-electron chi connectivity index (χ4n) is 9.24. The molecule has 0 aliphatic heterocycles. The van der Waals surface area contributed by atoms with Crippen molar-refractivity contribution in [1.29, 1.82) is 0 Å². The Kier molecular flexibility index (Phi) is 8.17. The zero-order valence-electron chi connectivity index (χ0n) is 33.2. The van der Waals surface area contributed by atoms with E-state index in [1.165, 1.54) is 33.0 Å². The molecule has 12 rings (SSSR count). The maximum atomic E-state index is 6.79. The SMILES string of the molecule is c1ccc(-c2ccc(N(c3ccc(-c4ccccc4)cc3)c3ccc(-c4cc5c6ccccc6oc5c5c6ccccc6n(-c6ccc7ccccc7c6)c45)cc3)cc2)cc1. The van der Waals surface area contributed by atoms with Crippen LogP contribution in [0.3, 0.4) is 0 Å². The van der Waals surface area contributed by atoms with E-state index in [0.717, 1.165) is 77.6 Å². The molecule has 0 aliphatic carbocycles. The highest BCUT2D eigenvalue weighted by molar-refractivity contribution is 6.27. The summed E-state index contributed by atoms with van der Waals surface area (Å²) in [6.07, 6.45) is 0. The molecule has 0 radical (unpaired) electrons. The lowest BCUT2D eigenvalue weighted by molar-refractivity contribution is 0.673. The van der Waals surface area contributed by atoms with Gasteiger partial charge in [-0.3, -0.25) is 0 Å². The summed E-state index contributed by atoms with van der Waals surface area (Å²) in [6.45, 7) is 0. The van der Waals surface area contributed by atoms with Crippen molar-refractivity contribution in [2.45, 2.75) is 0 Å². The first-order valence-corrected chi connectivity index (χ1v) is 20.8. The molecule has 12 aromatic rings. The average Bonchev–Trinajstić information content (AvgIpc) is 3.89. The molecule has 0 N–H and O–H groups in total. The molecule has 2 heterocycles. The van der Waals surface area contributed by atoms with Crippen molar-refractivity contribution in [2.24, 2.45) is 0 Å². The molecule has 0 unspecified atom stereocenters. The zero-order chi connectivity index (χ0) is 40.3. The van der Waals surface area contributed by atoms with E-state index in [0.29, 0.717) is 0 Å². The number of hydrogen-bond acceptors (Lipinski definition) is 2. The number of benzene rings is 10. The van der Waals surface area contributed by atoms with Crippen molar-refractivity contribution in [3.8, 4) is 39.1 Å². The molecule has 0 aliphatic rings. The number of anilines is 3. The third-order valence-electron chi connectivity index (χ3n) is 12.2. The van der Waals surface area contributed by atoms with Crippen molar-refractivity contribution in [2.75, 3.05) is 4.90 Å². The number of rotatable bonds is 7. The average molecular weight is 779 g/mol. The van der Waals surface area contributed by atoms with Gasteiger partial charge in [0.25, 0.3) is 0 Å².